The molecule has 3 atom stereocenters. The largest absolute Gasteiger partial charge is 0.451 e. The summed E-state index contributed by atoms with van der Waals surface area (Å²) in [6, 6.07) is 0. The van der Waals surface area contributed by atoms with E-state index in [1.165, 1.54) is 12.0 Å². The number of esters is 1. The summed E-state index contributed by atoms with van der Waals surface area (Å²) < 4.78 is 5.40. The molecule has 0 saturated heterocycles. The van der Waals surface area contributed by atoms with Gasteiger partial charge in [-0.05, 0) is 37.2 Å². The zero-order valence-electron chi connectivity index (χ0n) is 8.46. The molecule has 72 valence electrons. The second-order valence-corrected chi connectivity index (χ2v) is 4.51. The molecule has 0 aromatic carbocycles. The molecular formula is C11H16O2. The average molecular weight is 180 g/mol. The predicted octanol–water partition coefficient (Wildman–Crippen LogP) is 2.29. The summed E-state index contributed by atoms with van der Waals surface area (Å²) in [5.74, 6) is 0.812. The van der Waals surface area contributed by atoms with Crippen molar-refractivity contribution < 1.29 is 9.53 Å². The van der Waals surface area contributed by atoms with E-state index in [0.717, 1.165) is 6.42 Å². The lowest BCUT2D eigenvalue weighted by atomic mass is 9.70. The van der Waals surface area contributed by atoms with Gasteiger partial charge in [-0.15, -0.1) is 0 Å². The first kappa shape index (κ1) is 8.79. The van der Waals surface area contributed by atoms with Crippen LogP contribution in [0.4, 0.5) is 0 Å². The molecule has 1 fully saturated rings. The van der Waals surface area contributed by atoms with Crippen LogP contribution in [0.1, 0.15) is 33.6 Å². The summed E-state index contributed by atoms with van der Waals surface area (Å²) in [4.78, 5) is 11.2. The molecule has 2 rings (SSSR count). The Balaban J connectivity index is 2.39. The first-order chi connectivity index (χ1) is 6.04. The molecule has 0 spiro atoms. The molecule has 0 aromatic heterocycles. The summed E-state index contributed by atoms with van der Waals surface area (Å²) in [5, 5.41) is 0. The van der Waals surface area contributed by atoms with Crippen molar-refractivity contribution in [3.63, 3.8) is 0 Å². The molecule has 2 nitrogen and oxygen atoms in total. The summed E-state index contributed by atoms with van der Waals surface area (Å²) in [7, 11) is 0. The first-order valence-electron chi connectivity index (χ1n) is 4.99. The molecule has 1 aliphatic heterocycles. The molecule has 0 aromatic rings. The van der Waals surface area contributed by atoms with Crippen molar-refractivity contribution in [2.24, 2.45) is 11.8 Å². The van der Waals surface area contributed by atoms with E-state index >= 15 is 0 Å². The summed E-state index contributed by atoms with van der Waals surface area (Å²) >= 11 is 0. The second-order valence-electron chi connectivity index (χ2n) is 4.51. The van der Waals surface area contributed by atoms with Gasteiger partial charge < -0.3 is 4.74 Å². The highest BCUT2D eigenvalue weighted by Gasteiger charge is 2.47. The molecule has 1 heterocycles. The highest BCUT2D eigenvalue weighted by Crippen LogP contribution is 2.46. The zero-order valence-corrected chi connectivity index (χ0v) is 8.46. The van der Waals surface area contributed by atoms with Gasteiger partial charge in [-0.3, -0.25) is 0 Å². The maximum Gasteiger partial charge on any atom is 0.331 e. The molecule has 2 aliphatic rings. The fraction of sp³-hybridized carbons (Fsp3) is 0.727. The van der Waals surface area contributed by atoms with E-state index in [2.05, 4.69) is 13.8 Å². The van der Waals surface area contributed by atoms with Crippen LogP contribution in [-0.2, 0) is 9.53 Å². The Kier molecular flexibility index (Phi) is 1.76. The quantitative estimate of drug-likeness (QED) is 0.535. The Labute approximate surface area is 79.0 Å². The number of carbonyl (C=O) groups is 1. The van der Waals surface area contributed by atoms with Crippen molar-refractivity contribution in [3.05, 3.63) is 11.6 Å². The first-order valence-corrected chi connectivity index (χ1v) is 4.99. The van der Waals surface area contributed by atoms with Gasteiger partial charge >= 0.3 is 5.97 Å². The Bertz CT molecular complexity index is 280. The number of fused-ring (bicyclic) bond motifs is 1. The molecular weight excluding hydrogens is 164 g/mol. The smallest absolute Gasteiger partial charge is 0.331 e. The van der Waals surface area contributed by atoms with Crippen molar-refractivity contribution in [2.45, 2.75) is 39.2 Å². The lowest BCUT2D eigenvalue weighted by Crippen LogP contribution is -2.41. The van der Waals surface area contributed by atoms with Gasteiger partial charge in [-0.2, -0.15) is 0 Å². The Morgan fingerprint density at radius 3 is 2.77 bits per heavy atom. The van der Waals surface area contributed by atoms with Crippen LogP contribution in [0.2, 0.25) is 0 Å². The molecule has 0 amide bonds. The van der Waals surface area contributed by atoms with Crippen molar-refractivity contribution in [1.29, 1.82) is 0 Å². The van der Waals surface area contributed by atoms with Crippen LogP contribution in [0, 0.1) is 11.8 Å². The summed E-state index contributed by atoms with van der Waals surface area (Å²) in [6.45, 7) is 6.39. The van der Waals surface area contributed by atoms with E-state index in [0.29, 0.717) is 11.8 Å². The van der Waals surface area contributed by atoms with Crippen LogP contribution in [0.3, 0.4) is 0 Å². The van der Waals surface area contributed by atoms with Gasteiger partial charge in [0.25, 0.3) is 0 Å². The molecule has 3 unspecified atom stereocenters. The minimum absolute atomic E-state index is 0.155. The van der Waals surface area contributed by atoms with Gasteiger partial charge in [-0.25, -0.2) is 4.79 Å². The summed E-state index contributed by atoms with van der Waals surface area (Å²) in [5.41, 5.74) is 0.908. The number of hydrogen-bond donors (Lipinski definition) is 0. The highest BCUT2D eigenvalue weighted by atomic mass is 16.6. The fourth-order valence-electron chi connectivity index (χ4n) is 2.52. The van der Waals surface area contributed by atoms with Crippen LogP contribution < -0.4 is 0 Å². The van der Waals surface area contributed by atoms with Crippen LogP contribution in [-0.4, -0.2) is 11.6 Å². The molecule has 1 aliphatic carbocycles. The van der Waals surface area contributed by atoms with Gasteiger partial charge in [0, 0.05) is 6.08 Å². The van der Waals surface area contributed by atoms with E-state index < -0.39 is 0 Å². The number of ether oxygens (including phenoxy) is 1. The van der Waals surface area contributed by atoms with E-state index in [1.54, 1.807) is 6.08 Å². The second kappa shape index (κ2) is 2.60. The molecule has 0 radical (unpaired) electrons. The number of rotatable bonds is 0. The standard InChI is InChI=1S/C11H16O2/c1-7-4-5-8(2)11(3)9(7)6-10(12)13-11/h6-8H,4-5H2,1-3H3. The topological polar surface area (TPSA) is 26.3 Å². The number of carbonyl (C=O) groups excluding carboxylic acids is 1. The maximum absolute atomic E-state index is 11.2. The predicted molar refractivity (Wildman–Crippen MR) is 50.1 cm³/mol. The molecule has 0 N–H and O–H groups in total. The Hall–Kier alpha value is -0.790. The Morgan fingerprint density at radius 1 is 1.46 bits per heavy atom. The average Bonchev–Trinajstić information content (AvgIpc) is 2.37. The minimum atomic E-state index is -0.297. The van der Waals surface area contributed by atoms with Crippen molar-refractivity contribution in [3.8, 4) is 0 Å². The van der Waals surface area contributed by atoms with E-state index in [9.17, 15) is 4.79 Å². The fourth-order valence-corrected chi connectivity index (χ4v) is 2.52. The molecule has 0 bridgehead atoms. The maximum atomic E-state index is 11.2. The molecule has 13 heavy (non-hydrogen) atoms. The zero-order chi connectivity index (χ0) is 9.64. The van der Waals surface area contributed by atoms with Gasteiger partial charge in [0.2, 0.25) is 0 Å². The van der Waals surface area contributed by atoms with E-state index in [4.69, 9.17) is 4.74 Å². The third-order valence-corrected chi connectivity index (χ3v) is 3.66. The van der Waals surface area contributed by atoms with Crippen LogP contribution in [0.15, 0.2) is 11.6 Å². The van der Waals surface area contributed by atoms with Gasteiger partial charge in [0.15, 0.2) is 0 Å². The third-order valence-electron chi connectivity index (χ3n) is 3.66. The van der Waals surface area contributed by atoms with Gasteiger partial charge in [0.05, 0.1) is 0 Å². The van der Waals surface area contributed by atoms with Crippen molar-refractivity contribution in [1.82, 2.24) is 0 Å². The van der Waals surface area contributed by atoms with Crippen molar-refractivity contribution >= 4 is 5.97 Å². The van der Waals surface area contributed by atoms with Crippen LogP contribution >= 0.6 is 0 Å². The SMILES string of the molecule is CC1CCC(C)C2(C)OC(=O)C=C12. The number of hydrogen-bond acceptors (Lipinski definition) is 2. The van der Waals surface area contributed by atoms with Gasteiger partial charge in [0.1, 0.15) is 5.60 Å². The van der Waals surface area contributed by atoms with Gasteiger partial charge in [-0.1, -0.05) is 13.8 Å². The minimum Gasteiger partial charge on any atom is -0.451 e. The lowest BCUT2D eigenvalue weighted by molar-refractivity contribution is -0.149. The van der Waals surface area contributed by atoms with Crippen LogP contribution in [0.25, 0.3) is 0 Å². The molecule has 1 saturated carbocycles. The molecule has 2 heteroatoms. The Morgan fingerprint density at radius 2 is 2.15 bits per heavy atom. The van der Waals surface area contributed by atoms with Crippen molar-refractivity contribution in [2.75, 3.05) is 0 Å². The highest BCUT2D eigenvalue weighted by molar-refractivity contribution is 5.87. The van der Waals surface area contributed by atoms with E-state index in [-0.39, 0.29) is 11.6 Å². The normalized spacial score (nSPS) is 43.9. The summed E-state index contributed by atoms with van der Waals surface area (Å²) in [6.07, 6.45) is 4.03. The lowest BCUT2D eigenvalue weighted by Gasteiger charge is -2.40. The van der Waals surface area contributed by atoms with Crippen LogP contribution in [0.5, 0.6) is 0 Å². The van der Waals surface area contributed by atoms with E-state index in [1.807, 2.05) is 6.92 Å². The monoisotopic (exact) mass is 180 g/mol. The third kappa shape index (κ3) is 1.11.